The molecule has 5 heteroatoms. The van der Waals surface area contributed by atoms with Crippen molar-refractivity contribution in [2.45, 2.75) is 0 Å². The maximum absolute atomic E-state index is 11.6. The van der Waals surface area contributed by atoms with Crippen molar-refractivity contribution in [3.63, 3.8) is 0 Å². The number of methoxy groups -OCH3 is 1. The van der Waals surface area contributed by atoms with Crippen molar-refractivity contribution in [3.8, 4) is 11.3 Å². The molecule has 2 rings (SSSR count). The molecule has 90 valence electrons. The molecule has 0 aromatic carbocycles. The molecule has 0 spiro atoms. The molecular weight excluding hydrogens is 222 g/mol. The lowest BCUT2D eigenvalue weighted by Crippen LogP contribution is -2.26. The van der Waals surface area contributed by atoms with E-state index < -0.39 is 0 Å². The summed E-state index contributed by atoms with van der Waals surface area (Å²) < 4.78 is 15.2. The van der Waals surface area contributed by atoms with Gasteiger partial charge in [0.1, 0.15) is 12.0 Å². The molecule has 0 fully saturated rings. The van der Waals surface area contributed by atoms with Gasteiger partial charge in [-0.2, -0.15) is 0 Å². The molecule has 5 nitrogen and oxygen atoms in total. The monoisotopic (exact) mass is 235 g/mol. The third-order valence-electron chi connectivity index (χ3n) is 2.23. The van der Waals surface area contributed by atoms with Crippen LogP contribution in [-0.2, 0) is 4.74 Å². The van der Waals surface area contributed by atoms with Crippen LogP contribution in [-0.4, -0.2) is 26.2 Å². The number of amides is 1. The molecule has 2 aromatic rings. The Balaban J connectivity index is 2.01. The largest absolute Gasteiger partial charge is 0.472 e. The van der Waals surface area contributed by atoms with Crippen LogP contribution in [0.1, 0.15) is 10.6 Å². The van der Waals surface area contributed by atoms with Crippen molar-refractivity contribution < 1.29 is 18.4 Å². The summed E-state index contributed by atoms with van der Waals surface area (Å²) in [6.45, 7) is 0.929. The molecule has 0 aliphatic heterocycles. The zero-order chi connectivity index (χ0) is 12.1. The van der Waals surface area contributed by atoms with Crippen molar-refractivity contribution >= 4 is 5.91 Å². The topological polar surface area (TPSA) is 64.6 Å². The standard InChI is InChI=1S/C12H13NO4/c1-15-7-5-13-12(14)11-3-2-10(17-11)9-4-6-16-8-9/h2-4,6,8H,5,7H2,1H3,(H,13,14). The quantitative estimate of drug-likeness (QED) is 0.804. The number of carbonyl (C=O) groups excluding carboxylic acids is 1. The molecule has 0 atom stereocenters. The van der Waals surface area contributed by atoms with E-state index in [9.17, 15) is 4.79 Å². The Kier molecular flexibility index (Phi) is 3.62. The second kappa shape index (κ2) is 5.36. The fourth-order valence-electron chi connectivity index (χ4n) is 1.37. The van der Waals surface area contributed by atoms with Crippen molar-refractivity contribution in [1.29, 1.82) is 0 Å². The predicted octanol–water partition coefficient (Wildman–Crippen LogP) is 1.92. The summed E-state index contributed by atoms with van der Waals surface area (Å²) in [6.07, 6.45) is 3.11. The summed E-state index contributed by atoms with van der Waals surface area (Å²) in [5, 5.41) is 2.68. The van der Waals surface area contributed by atoms with Crippen molar-refractivity contribution in [1.82, 2.24) is 5.32 Å². The highest BCUT2D eigenvalue weighted by Crippen LogP contribution is 2.22. The van der Waals surface area contributed by atoms with Gasteiger partial charge in [-0.1, -0.05) is 0 Å². The van der Waals surface area contributed by atoms with Crippen molar-refractivity contribution in [2.24, 2.45) is 0 Å². The van der Waals surface area contributed by atoms with Gasteiger partial charge >= 0.3 is 0 Å². The molecule has 1 N–H and O–H groups in total. The van der Waals surface area contributed by atoms with E-state index in [1.165, 1.54) is 0 Å². The lowest BCUT2D eigenvalue weighted by atomic mass is 10.3. The molecule has 0 radical (unpaired) electrons. The van der Waals surface area contributed by atoms with Gasteiger partial charge in [-0.15, -0.1) is 0 Å². The van der Waals surface area contributed by atoms with Gasteiger partial charge in [0.15, 0.2) is 5.76 Å². The van der Waals surface area contributed by atoms with E-state index in [1.54, 1.807) is 37.8 Å². The number of hydrogen-bond donors (Lipinski definition) is 1. The fraction of sp³-hybridized carbons (Fsp3) is 0.250. The maximum atomic E-state index is 11.6. The van der Waals surface area contributed by atoms with Crippen molar-refractivity contribution in [2.75, 3.05) is 20.3 Å². The van der Waals surface area contributed by atoms with E-state index in [0.29, 0.717) is 18.9 Å². The average Bonchev–Trinajstić information content (AvgIpc) is 3.00. The first-order valence-corrected chi connectivity index (χ1v) is 5.21. The molecule has 1 amide bonds. The summed E-state index contributed by atoms with van der Waals surface area (Å²) in [5.74, 6) is 0.629. The first kappa shape index (κ1) is 11.5. The van der Waals surface area contributed by atoms with Crippen LogP contribution < -0.4 is 5.32 Å². The summed E-state index contributed by atoms with van der Waals surface area (Å²) in [5.41, 5.74) is 0.806. The molecule has 2 aromatic heterocycles. The lowest BCUT2D eigenvalue weighted by molar-refractivity contribution is 0.0910. The number of hydrogen-bond acceptors (Lipinski definition) is 4. The van der Waals surface area contributed by atoms with E-state index in [4.69, 9.17) is 13.6 Å². The minimum Gasteiger partial charge on any atom is -0.472 e. The van der Waals surface area contributed by atoms with Gasteiger partial charge in [0.25, 0.3) is 5.91 Å². The van der Waals surface area contributed by atoms with Crippen LogP contribution in [0.2, 0.25) is 0 Å². The second-order valence-corrected chi connectivity index (χ2v) is 3.42. The Hall–Kier alpha value is -2.01. The van der Waals surface area contributed by atoms with E-state index in [-0.39, 0.29) is 11.7 Å². The van der Waals surface area contributed by atoms with E-state index >= 15 is 0 Å². The number of carbonyl (C=O) groups is 1. The molecule has 0 saturated heterocycles. The van der Waals surface area contributed by atoms with Crippen molar-refractivity contribution in [3.05, 3.63) is 36.5 Å². The smallest absolute Gasteiger partial charge is 0.287 e. The summed E-state index contributed by atoms with van der Waals surface area (Å²) >= 11 is 0. The Morgan fingerprint density at radius 1 is 1.41 bits per heavy atom. The Bertz CT molecular complexity index is 472. The van der Waals surface area contributed by atoms with Gasteiger partial charge in [0.2, 0.25) is 0 Å². The van der Waals surface area contributed by atoms with Gasteiger partial charge in [0.05, 0.1) is 18.4 Å². The zero-order valence-electron chi connectivity index (χ0n) is 9.43. The van der Waals surface area contributed by atoms with E-state index in [1.807, 2.05) is 0 Å². The van der Waals surface area contributed by atoms with Crippen LogP contribution in [0, 0.1) is 0 Å². The lowest BCUT2D eigenvalue weighted by Gasteiger charge is -2.01. The zero-order valence-corrected chi connectivity index (χ0v) is 9.43. The molecule has 0 aliphatic rings. The number of ether oxygens (including phenoxy) is 1. The van der Waals surface area contributed by atoms with E-state index in [0.717, 1.165) is 5.56 Å². The highest BCUT2D eigenvalue weighted by molar-refractivity contribution is 5.92. The molecule has 0 aliphatic carbocycles. The highest BCUT2D eigenvalue weighted by atomic mass is 16.5. The Morgan fingerprint density at radius 2 is 2.29 bits per heavy atom. The SMILES string of the molecule is COCCNC(=O)c1ccc(-c2ccoc2)o1. The molecular formula is C12H13NO4. The minimum absolute atomic E-state index is 0.253. The second-order valence-electron chi connectivity index (χ2n) is 3.42. The number of rotatable bonds is 5. The predicted molar refractivity (Wildman–Crippen MR) is 60.6 cm³/mol. The Morgan fingerprint density at radius 3 is 3.00 bits per heavy atom. The average molecular weight is 235 g/mol. The third-order valence-corrected chi connectivity index (χ3v) is 2.23. The number of furan rings is 2. The molecule has 17 heavy (non-hydrogen) atoms. The van der Waals surface area contributed by atoms with Gasteiger partial charge < -0.3 is 18.9 Å². The van der Waals surface area contributed by atoms with Crippen LogP contribution >= 0.6 is 0 Å². The maximum Gasteiger partial charge on any atom is 0.287 e. The van der Waals surface area contributed by atoms with Gasteiger partial charge in [0, 0.05) is 13.7 Å². The van der Waals surface area contributed by atoms with Gasteiger partial charge in [-0.05, 0) is 18.2 Å². The van der Waals surface area contributed by atoms with Crippen LogP contribution in [0.5, 0.6) is 0 Å². The highest BCUT2D eigenvalue weighted by Gasteiger charge is 2.11. The van der Waals surface area contributed by atoms with Gasteiger partial charge in [-0.25, -0.2) is 0 Å². The number of nitrogens with one attached hydrogen (secondary N) is 1. The fourth-order valence-corrected chi connectivity index (χ4v) is 1.37. The normalized spacial score (nSPS) is 10.4. The van der Waals surface area contributed by atoms with Crippen LogP contribution in [0.15, 0.2) is 39.6 Å². The third kappa shape index (κ3) is 2.76. The molecule has 2 heterocycles. The Labute approximate surface area is 98.4 Å². The first-order valence-electron chi connectivity index (χ1n) is 5.21. The van der Waals surface area contributed by atoms with Crippen LogP contribution in [0.3, 0.4) is 0 Å². The first-order chi connectivity index (χ1) is 8.31. The minimum atomic E-state index is -0.253. The summed E-state index contributed by atoms with van der Waals surface area (Å²) in [7, 11) is 1.58. The molecule has 0 unspecified atom stereocenters. The summed E-state index contributed by atoms with van der Waals surface area (Å²) in [4.78, 5) is 11.6. The summed E-state index contributed by atoms with van der Waals surface area (Å²) in [6, 6.07) is 5.13. The molecule has 0 saturated carbocycles. The van der Waals surface area contributed by atoms with E-state index in [2.05, 4.69) is 5.32 Å². The van der Waals surface area contributed by atoms with Crippen LogP contribution in [0.25, 0.3) is 11.3 Å². The van der Waals surface area contributed by atoms with Crippen LogP contribution in [0.4, 0.5) is 0 Å². The molecule has 0 bridgehead atoms. The van der Waals surface area contributed by atoms with Gasteiger partial charge in [-0.3, -0.25) is 4.79 Å².